The third kappa shape index (κ3) is 4.19. The molecule has 0 aliphatic carbocycles. The first-order chi connectivity index (χ1) is 8.88. The fourth-order valence-electron chi connectivity index (χ4n) is 1.47. The van der Waals surface area contributed by atoms with Gasteiger partial charge in [0.25, 0.3) is 0 Å². The zero-order valence-electron chi connectivity index (χ0n) is 10.2. The molecular formula is C11H16N2O5S. The van der Waals surface area contributed by atoms with Gasteiger partial charge < -0.3 is 15.9 Å². The molecule has 8 heteroatoms. The van der Waals surface area contributed by atoms with Crippen LogP contribution < -0.4 is 10.5 Å². The maximum absolute atomic E-state index is 12.0. The van der Waals surface area contributed by atoms with Gasteiger partial charge in [0.15, 0.2) is 0 Å². The molecule has 0 aliphatic rings. The zero-order chi connectivity index (χ0) is 14.5. The molecule has 0 radical (unpaired) electrons. The molecule has 0 atom stereocenters. The molecule has 1 rings (SSSR count). The Kier molecular flexibility index (Phi) is 5.28. The van der Waals surface area contributed by atoms with E-state index in [1.807, 2.05) is 0 Å². The van der Waals surface area contributed by atoms with Crippen molar-refractivity contribution >= 4 is 21.7 Å². The molecule has 0 spiro atoms. The van der Waals surface area contributed by atoms with E-state index in [0.29, 0.717) is 12.8 Å². The smallest absolute Gasteiger partial charge is 0.337 e. The van der Waals surface area contributed by atoms with E-state index in [1.54, 1.807) is 0 Å². The van der Waals surface area contributed by atoms with Crippen molar-refractivity contribution in [3.8, 4) is 0 Å². The summed E-state index contributed by atoms with van der Waals surface area (Å²) in [4.78, 5) is 10.7. The van der Waals surface area contributed by atoms with Gasteiger partial charge in [0, 0.05) is 18.8 Å². The summed E-state index contributed by atoms with van der Waals surface area (Å²) in [7, 11) is -3.90. The number of anilines is 1. The highest BCUT2D eigenvalue weighted by molar-refractivity contribution is 7.89. The van der Waals surface area contributed by atoms with Crippen LogP contribution in [-0.4, -0.2) is 37.8 Å². The van der Waals surface area contributed by atoms with Crippen molar-refractivity contribution in [3.63, 3.8) is 0 Å². The molecule has 0 saturated carbocycles. The van der Waals surface area contributed by atoms with Crippen LogP contribution in [0.2, 0.25) is 0 Å². The summed E-state index contributed by atoms with van der Waals surface area (Å²) in [6.45, 7) is 0.107. The average Bonchev–Trinajstić information content (AvgIpc) is 2.34. The molecule has 0 unspecified atom stereocenters. The number of nitrogens with two attached hydrogens (primary N) is 1. The number of nitrogens with one attached hydrogen (secondary N) is 1. The fourth-order valence-corrected chi connectivity index (χ4v) is 2.72. The molecule has 1 aromatic rings. The Morgan fingerprint density at radius 3 is 2.58 bits per heavy atom. The van der Waals surface area contributed by atoms with Gasteiger partial charge in [-0.15, -0.1) is 0 Å². The lowest BCUT2D eigenvalue weighted by molar-refractivity contribution is 0.0692. The predicted molar refractivity (Wildman–Crippen MR) is 69.3 cm³/mol. The third-order valence-corrected chi connectivity index (χ3v) is 3.92. The van der Waals surface area contributed by atoms with Crippen LogP contribution in [0, 0.1) is 0 Å². The van der Waals surface area contributed by atoms with Gasteiger partial charge in [0.2, 0.25) is 10.0 Å². The van der Waals surface area contributed by atoms with E-state index in [-0.39, 0.29) is 29.3 Å². The molecule has 0 heterocycles. The molecule has 0 aromatic heterocycles. The summed E-state index contributed by atoms with van der Waals surface area (Å²) in [5, 5.41) is 17.6. The van der Waals surface area contributed by atoms with Crippen LogP contribution in [-0.2, 0) is 10.0 Å². The Bertz CT molecular complexity index is 556. The second-order valence-corrected chi connectivity index (χ2v) is 5.62. The summed E-state index contributed by atoms with van der Waals surface area (Å²) in [5.74, 6) is -1.36. The van der Waals surface area contributed by atoms with Crippen LogP contribution in [0.3, 0.4) is 0 Å². The first-order valence-electron chi connectivity index (χ1n) is 5.62. The van der Waals surface area contributed by atoms with E-state index in [9.17, 15) is 13.2 Å². The quantitative estimate of drug-likeness (QED) is 0.413. The summed E-state index contributed by atoms with van der Waals surface area (Å²) >= 11 is 0. The molecule has 5 N–H and O–H groups in total. The number of rotatable bonds is 7. The van der Waals surface area contributed by atoms with Gasteiger partial charge in [0.05, 0.1) is 10.5 Å². The lowest BCUT2D eigenvalue weighted by atomic mass is 10.2. The highest BCUT2D eigenvalue weighted by atomic mass is 32.2. The van der Waals surface area contributed by atoms with Gasteiger partial charge in [-0.1, -0.05) is 0 Å². The minimum atomic E-state index is -3.90. The van der Waals surface area contributed by atoms with Crippen LogP contribution in [0.4, 0.5) is 5.69 Å². The molecular weight excluding hydrogens is 272 g/mol. The molecule has 0 aliphatic heterocycles. The number of nitrogen functional groups attached to an aromatic ring is 1. The third-order valence-electron chi connectivity index (χ3n) is 2.40. The molecule has 106 valence electrons. The molecule has 0 fully saturated rings. The molecule has 0 bridgehead atoms. The highest BCUT2D eigenvalue weighted by Gasteiger charge is 2.21. The van der Waals surface area contributed by atoms with Crippen molar-refractivity contribution < 1.29 is 23.4 Å². The number of aliphatic hydroxyl groups excluding tert-OH is 1. The predicted octanol–water partition coefficient (Wildman–Crippen LogP) is 0.0178. The number of aromatic carboxylic acids is 1. The number of sulfonamides is 1. The van der Waals surface area contributed by atoms with Crippen molar-refractivity contribution in [1.29, 1.82) is 0 Å². The van der Waals surface area contributed by atoms with Crippen molar-refractivity contribution in [1.82, 2.24) is 4.72 Å². The number of carboxylic acids is 1. The number of benzene rings is 1. The monoisotopic (exact) mass is 288 g/mol. The standard InChI is InChI=1S/C11H16N2O5S/c12-8-3-4-10(9(7-8)11(15)16)19(17,18)13-5-1-2-6-14/h3-4,7,13-14H,1-2,5-6,12H2,(H,15,16). The maximum Gasteiger partial charge on any atom is 0.337 e. The molecule has 7 nitrogen and oxygen atoms in total. The largest absolute Gasteiger partial charge is 0.478 e. The van der Waals surface area contributed by atoms with Crippen LogP contribution in [0.5, 0.6) is 0 Å². The zero-order valence-corrected chi connectivity index (χ0v) is 11.0. The summed E-state index contributed by atoms with van der Waals surface area (Å²) in [6, 6.07) is 3.59. The van der Waals surface area contributed by atoms with Crippen molar-refractivity contribution in [3.05, 3.63) is 23.8 Å². The number of carbonyl (C=O) groups is 1. The SMILES string of the molecule is Nc1ccc(S(=O)(=O)NCCCCO)c(C(=O)O)c1. The van der Waals surface area contributed by atoms with Gasteiger partial charge >= 0.3 is 5.97 Å². The van der Waals surface area contributed by atoms with Crippen molar-refractivity contribution in [2.75, 3.05) is 18.9 Å². The van der Waals surface area contributed by atoms with Crippen LogP contribution >= 0.6 is 0 Å². The summed E-state index contributed by atoms with van der Waals surface area (Å²) < 4.78 is 26.2. The van der Waals surface area contributed by atoms with E-state index < -0.39 is 16.0 Å². The normalized spacial score (nSPS) is 11.4. The molecule has 1 aromatic carbocycles. The summed E-state index contributed by atoms with van der Waals surface area (Å²) in [6.07, 6.45) is 0.934. The van der Waals surface area contributed by atoms with E-state index in [2.05, 4.69) is 4.72 Å². The average molecular weight is 288 g/mol. The molecule has 19 heavy (non-hydrogen) atoms. The lowest BCUT2D eigenvalue weighted by Crippen LogP contribution is -2.26. The van der Waals surface area contributed by atoms with Crippen molar-refractivity contribution in [2.45, 2.75) is 17.7 Å². The van der Waals surface area contributed by atoms with E-state index in [4.69, 9.17) is 15.9 Å². The van der Waals surface area contributed by atoms with E-state index in [1.165, 1.54) is 6.07 Å². The minimum Gasteiger partial charge on any atom is -0.478 e. The van der Waals surface area contributed by atoms with E-state index in [0.717, 1.165) is 12.1 Å². The number of unbranched alkanes of at least 4 members (excludes halogenated alkanes) is 1. The highest BCUT2D eigenvalue weighted by Crippen LogP contribution is 2.18. The van der Waals surface area contributed by atoms with Crippen LogP contribution in [0.15, 0.2) is 23.1 Å². The maximum atomic E-state index is 12.0. The number of hydrogen-bond acceptors (Lipinski definition) is 5. The first kappa shape index (κ1) is 15.4. The van der Waals surface area contributed by atoms with Gasteiger partial charge in [0.1, 0.15) is 0 Å². The van der Waals surface area contributed by atoms with Gasteiger partial charge in [-0.3, -0.25) is 0 Å². The van der Waals surface area contributed by atoms with Gasteiger partial charge in [-0.05, 0) is 31.0 Å². The Morgan fingerprint density at radius 1 is 1.32 bits per heavy atom. The van der Waals surface area contributed by atoms with Gasteiger partial charge in [-0.2, -0.15) is 0 Å². The Labute approximate surface area is 111 Å². The summed E-state index contributed by atoms with van der Waals surface area (Å²) in [5.41, 5.74) is 5.25. The Balaban J connectivity index is 2.98. The lowest BCUT2D eigenvalue weighted by Gasteiger charge is -2.09. The Hall–Kier alpha value is -1.64. The first-order valence-corrected chi connectivity index (χ1v) is 7.10. The molecule has 0 amide bonds. The Morgan fingerprint density at radius 2 is 2.00 bits per heavy atom. The molecule has 0 saturated heterocycles. The number of carboxylic acid groups (broad SMARTS) is 1. The van der Waals surface area contributed by atoms with Crippen molar-refractivity contribution in [2.24, 2.45) is 0 Å². The number of aliphatic hydroxyl groups is 1. The second-order valence-electron chi connectivity index (χ2n) is 3.89. The minimum absolute atomic E-state index is 0.0238. The number of hydrogen-bond donors (Lipinski definition) is 4. The van der Waals surface area contributed by atoms with Crippen LogP contribution in [0.1, 0.15) is 23.2 Å². The van der Waals surface area contributed by atoms with Gasteiger partial charge in [-0.25, -0.2) is 17.9 Å². The topological polar surface area (TPSA) is 130 Å². The fraction of sp³-hybridized carbons (Fsp3) is 0.364. The van der Waals surface area contributed by atoms with Crippen LogP contribution in [0.25, 0.3) is 0 Å². The second kappa shape index (κ2) is 6.50. The van der Waals surface area contributed by atoms with E-state index >= 15 is 0 Å².